The maximum Gasteiger partial charge on any atom is 0.238 e. The first-order valence-corrected chi connectivity index (χ1v) is 10.6. The summed E-state index contributed by atoms with van der Waals surface area (Å²) in [7, 11) is 1.60. The number of ether oxygens (including phenoxy) is 1. The van der Waals surface area contributed by atoms with Gasteiger partial charge in [0.1, 0.15) is 11.6 Å². The number of hydrogen-bond acceptors (Lipinski definition) is 6. The van der Waals surface area contributed by atoms with Gasteiger partial charge in [0, 0.05) is 29.9 Å². The number of likely N-dealkylation sites (tertiary alicyclic amines) is 1. The van der Waals surface area contributed by atoms with E-state index < -0.39 is 0 Å². The van der Waals surface area contributed by atoms with Crippen LogP contribution in [0.4, 0.5) is 16.0 Å². The first-order chi connectivity index (χ1) is 15.5. The number of piperidine rings is 1. The number of halogens is 1. The minimum absolute atomic E-state index is 0.0705. The number of methoxy groups -OCH3 is 1. The third-order valence-electron chi connectivity index (χ3n) is 5.61. The van der Waals surface area contributed by atoms with Crippen molar-refractivity contribution >= 4 is 17.5 Å². The highest BCUT2D eigenvalue weighted by molar-refractivity contribution is 5.92. The Labute approximate surface area is 186 Å². The van der Waals surface area contributed by atoms with Crippen LogP contribution in [0.1, 0.15) is 24.5 Å². The molecule has 3 aromatic rings. The minimum Gasteiger partial charge on any atom is -0.497 e. The fourth-order valence-electron chi connectivity index (χ4n) is 4.10. The van der Waals surface area contributed by atoms with Crippen molar-refractivity contribution in [3.63, 3.8) is 0 Å². The number of nitrogens with zero attached hydrogens (tertiary/aromatic N) is 3. The molecule has 2 heterocycles. The van der Waals surface area contributed by atoms with Crippen LogP contribution in [0.15, 0.2) is 54.7 Å². The molecule has 1 aliphatic rings. The van der Waals surface area contributed by atoms with Crippen molar-refractivity contribution < 1.29 is 13.9 Å². The van der Waals surface area contributed by atoms with Gasteiger partial charge in [-0.05, 0) is 61.3 Å². The van der Waals surface area contributed by atoms with E-state index in [2.05, 4.69) is 20.2 Å². The van der Waals surface area contributed by atoms with Crippen LogP contribution >= 0.6 is 0 Å². The van der Waals surface area contributed by atoms with E-state index in [1.807, 2.05) is 18.2 Å². The van der Waals surface area contributed by atoms with Gasteiger partial charge < -0.3 is 15.8 Å². The summed E-state index contributed by atoms with van der Waals surface area (Å²) in [5.41, 5.74) is 8.89. The molecule has 3 N–H and O–H groups in total. The largest absolute Gasteiger partial charge is 0.497 e. The average Bonchev–Trinajstić information content (AvgIpc) is 2.79. The number of rotatable bonds is 6. The van der Waals surface area contributed by atoms with Gasteiger partial charge in [-0.1, -0.05) is 12.1 Å². The number of carbonyl (C=O) groups excluding carboxylic acids is 1. The van der Waals surface area contributed by atoms with Crippen molar-refractivity contribution in [2.75, 3.05) is 37.8 Å². The van der Waals surface area contributed by atoms with Crippen molar-refractivity contribution in [2.24, 2.45) is 0 Å². The molecular weight excluding hydrogens is 409 g/mol. The summed E-state index contributed by atoms with van der Waals surface area (Å²) >= 11 is 0. The van der Waals surface area contributed by atoms with Gasteiger partial charge >= 0.3 is 0 Å². The lowest BCUT2D eigenvalue weighted by atomic mass is 9.90. The fraction of sp³-hybridized carbons (Fsp3) is 0.292. The van der Waals surface area contributed by atoms with E-state index in [0.29, 0.717) is 6.54 Å². The van der Waals surface area contributed by atoms with E-state index in [9.17, 15) is 9.18 Å². The molecule has 1 unspecified atom stereocenters. The number of aromatic nitrogens is 2. The van der Waals surface area contributed by atoms with Crippen LogP contribution in [0.5, 0.6) is 5.75 Å². The zero-order valence-corrected chi connectivity index (χ0v) is 17.9. The normalized spacial score (nSPS) is 16.5. The van der Waals surface area contributed by atoms with Crippen LogP contribution in [0.25, 0.3) is 11.1 Å². The first kappa shape index (κ1) is 21.7. The predicted molar refractivity (Wildman–Crippen MR) is 122 cm³/mol. The van der Waals surface area contributed by atoms with E-state index >= 15 is 0 Å². The Hall–Kier alpha value is -3.52. The second-order valence-corrected chi connectivity index (χ2v) is 7.89. The van der Waals surface area contributed by atoms with Crippen LogP contribution in [-0.2, 0) is 4.79 Å². The first-order valence-electron chi connectivity index (χ1n) is 10.6. The number of nitrogens with two attached hydrogens (primary N) is 1. The zero-order chi connectivity index (χ0) is 22.5. The molecule has 8 heteroatoms. The molecule has 0 bridgehead atoms. The highest BCUT2D eigenvalue weighted by Gasteiger charge is 2.26. The topological polar surface area (TPSA) is 93.4 Å². The van der Waals surface area contributed by atoms with Crippen LogP contribution < -0.4 is 15.8 Å². The van der Waals surface area contributed by atoms with E-state index in [4.69, 9.17) is 10.5 Å². The average molecular weight is 436 g/mol. The maximum atomic E-state index is 13.8. The van der Waals surface area contributed by atoms with Crippen LogP contribution in [-0.4, -0.2) is 47.5 Å². The van der Waals surface area contributed by atoms with Crippen molar-refractivity contribution in [1.29, 1.82) is 0 Å². The SMILES string of the molecule is COc1ccc(NC(=O)CN2CCCC(c3nc(N)ncc3-c3cccc(F)c3)C2)cc1. The Morgan fingerprint density at radius 3 is 2.84 bits per heavy atom. The molecule has 166 valence electrons. The molecular formula is C24H26FN5O2. The van der Waals surface area contributed by atoms with Gasteiger partial charge in [0.15, 0.2) is 0 Å². The molecule has 1 aromatic heterocycles. The fourth-order valence-corrected chi connectivity index (χ4v) is 4.10. The highest BCUT2D eigenvalue weighted by atomic mass is 19.1. The molecule has 32 heavy (non-hydrogen) atoms. The number of carbonyl (C=O) groups is 1. The molecule has 4 rings (SSSR count). The Morgan fingerprint density at radius 2 is 2.09 bits per heavy atom. The highest BCUT2D eigenvalue weighted by Crippen LogP contribution is 2.33. The van der Waals surface area contributed by atoms with Crippen molar-refractivity contribution in [3.05, 3.63) is 66.2 Å². The number of hydrogen-bond donors (Lipinski definition) is 2. The van der Waals surface area contributed by atoms with Crippen molar-refractivity contribution in [1.82, 2.24) is 14.9 Å². The van der Waals surface area contributed by atoms with Crippen molar-refractivity contribution in [2.45, 2.75) is 18.8 Å². The second-order valence-electron chi connectivity index (χ2n) is 7.89. The third kappa shape index (κ3) is 5.20. The van der Waals surface area contributed by atoms with Gasteiger partial charge in [0.2, 0.25) is 11.9 Å². The van der Waals surface area contributed by atoms with Gasteiger partial charge in [-0.15, -0.1) is 0 Å². The molecule has 0 aliphatic carbocycles. The number of benzene rings is 2. The lowest BCUT2D eigenvalue weighted by Gasteiger charge is -2.32. The molecule has 1 fully saturated rings. The molecule has 7 nitrogen and oxygen atoms in total. The summed E-state index contributed by atoms with van der Waals surface area (Å²) in [5.74, 6) is 0.602. The number of nitrogen functional groups attached to an aromatic ring is 1. The number of amides is 1. The van der Waals surface area contributed by atoms with E-state index in [0.717, 1.165) is 47.6 Å². The van der Waals surface area contributed by atoms with Gasteiger partial charge in [-0.2, -0.15) is 0 Å². The third-order valence-corrected chi connectivity index (χ3v) is 5.61. The molecule has 0 radical (unpaired) electrons. The van der Waals surface area contributed by atoms with Crippen LogP contribution in [0, 0.1) is 5.82 Å². The predicted octanol–water partition coefficient (Wildman–Crippen LogP) is 3.69. The lowest BCUT2D eigenvalue weighted by molar-refractivity contribution is -0.117. The standard InChI is InChI=1S/C24H26FN5O2/c1-32-20-9-7-19(8-10-20)28-22(31)15-30-11-3-5-17(14-30)23-21(13-27-24(26)29-23)16-4-2-6-18(25)12-16/h2,4,6-10,12-13,17H,3,5,11,14-15H2,1H3,(H,28,31)(H2,26,27,29). The molecule has 1 atom stereocenters. The molecule has 1 saturated heterocycles. The number of nitrogens with one attached hydrogen (secondary N) is 1. The van der Waals surface area contributed by atoms with Gasteiger partial charge in [-0.3, -0.25) is 9.69 Å². The van der Waals surface area contributed by atoms with Gasteiger partial charge in [-0.25, -0.2) is 14.4 Å². The lowest BCUT2D eigenvalue weighted by Crippen LogP contribution is -2.40. The maximum absolute atomic E-state index is 13.8. The number of anilines is 2. The Balaban J connectivity index is 1.47. The summed E-state index contributed by atoms with van der Waals surface area (Å²) < 4.78 is 19.0. The summed E-state index contributed by atoms with van der Waals surface area (Å²) in [6, 6.07) is 13.6. The summed E-state index contributed by atoms with van der Waals surface area (Å²) in [5, 5.41) is 2.92. The zero-order valence-electron chi connectivity index (χ0n) is 17.9. The summed E-state index contributed by atoms with van der Waals surface area (Å²) in [4.78, 5) is 23.3. The van der Waals surface area contributed by atoms with E-state index in [1.165, 1.54) is 12.1 Å². The monoisotopic (exact) mass is 435 g/mol. The Morgan fingerprint density at radius 1 is 1.28 bits per heavy atom. The second kappa shape index (κ2) is 9.74. The summed E-state index contributed by atoms with van der Waals surface area (Å²) in [6.45, 7) is 1.76. The smallest absolute Gasteiger partial charge is 0.238 e. The van der Waals surface area contributed by atoms with Gasteiger partial charge in [0.05, 0.1) is 19.3 Å². The Bertz CT molecular complexity index is 1090. The molecule has 1 aliphatic heterocycles. The van der Waals surface area contributed by atoms with Crippen molar-refractivity contribution in [3.8, 4) is 16.9 Å². The van der Waals surface area contributed by atoms with Crippen LogP contribution in [0.3, 0.4) is 0 Å². The quantitative estimate of drug-likeness (QED) is 0.613. The minimum atomic E-state index is -0.314. The van der Waals surface area contributed by atoms with Crippen LogP contribution in [0.2, 0.25) is 0 Å². The Kier molecular flexibility index (Phi) is 6.61. The van der Waals surface area contributed by atoms with E-state index in [1.54, 1.807) is 31.5 Å². The summed E-state index contributed by atoms with van der Waals surface area (Å²) in [6.07, 6.45) is 3.49. The molecule has 1 amide bonds. The van der Waals surface area contributed by atoms with Gasteiger partial charge in [0.25, 0.3) is 0 Å². The molecule has 2 aromatic carbocycles. The van der Waals surface area contributed by atoms with E-state index in [-0.39, 0.29) is 30.1 Å². The molecule has 0 saturated carbocycles. The molecule has 0 spiro atoms.